The molecule has 1 aromatic rings. The molecule has 0 radical (unpaired) electrons. The zero-order valence-electron chi connectivity index (χ0n) is 19.6. The lowest BCUT2D eigenvalue weighted by atomic mass is 9.82. The molecule has 1 aromatic carbocycles. The van der Waals surface area contributed by atoms with Crippen LogP contribution in [0.15, 0.2) is 6.07 Å². The van der Waals surface area contributed by atoms with Crippen molar-refractivity contribution in [1.29, 1.82) is 0 Å². The van der Waals surface area contributed by atoms with Crippen molar-refractivity contribution in [3.8, 4) is 0 Å². The highest BCUT2D eigenvalue weighted by Gasteiger charge is 2.49. The van der Waals surface area contributed by atoms with Gasteiger partial charge in [-0.3, -0.25) is 19.3 Å². The molecular weight excluding hydrogens is 418 g/mol. The lowest BCUT2D eigenvalue weighted by molar-refractivity contribution is -0.146. The van der Waals surface area contributed by atoms with Crippen LogP contribution in [-0.2, 0) is 24.5 Å². The third-order valence-electron chi connectivity index (χ3n) is 6.67. The number of esters is 1. The summed E-state index contributed by atoms with van der Waals surface area (Å²) in [6, 6.07) is 0.736. The van der Waals surface area contributed by atoms with E-state index in [-0.39, 0.29) is 36.2 Å². The number of benzene rings is 1. The third-order valence-corrected chi connectivity index (χ3v) is 6.67. The zero-order chi connectivity index (χ0) is 24.0. The summed E-state index contributed by atoms with van der Waals surface area (Å²) in [5.41, 5.74) is -1.71. The molecule has 1 heterocycles. The van der Waals surface area contributed by atoms with Crippen LogP contribution < -0.4 is 10.2 Å². The summed E-state index contributed by atoms with van der Waals surface area (Å²) in [7, 11) is 0. The Bertz CT molecular complexity index is 954. The molecule has 176 valence electrons. The van der Waals surface area contributed by atoms with Crippen LogP contribution in [-0.4, -0.2) is 37.0 Å². The van der Waals surface area contributed by atoms with E-state index in [9.17, 15) is 14.4 Å². The second kappa shape index (κ2) is 8.45. The summed E-state index contributed by atoms with van der Waals surface area (Å²) in [5, 5.41) is 2.79. The molecule has 8 heteroatoms. The fraction of sp³-hybridized carbons (Fsp3) is 0.625. The Kier molecular flexibility index (Phi) is 6.37. The predicted octanol–water partition coefficient (Wildman–Crippen LogP) is 3.95. The topological polar surface area (TPSA) is 75.7 Å². The largest absolute Gasteiger partial charge is 0.466 e. The molecule has 0 spiro atoms. The number of rotatable bonds is 8. The molecule has 1 aliphatic carbocycles. The van der Waals surface area contributed by atoms with Crippen molar-refractivity contribution in [1.82, 2.24) is 5.32 Å². The molecule has 0 bridgehead atoms. The van der Waals surface area contributed by atoms with E-state index in [2.05, 4.69) is 5.32 Å². The van der Waals surface area contributed by atoms with E-state index >= 15 is 8.78 Å². The first-order valence-corrected chi connectivity index (χ1v) is 11.1. The molecule has 1 saturated carbocycles. The highest BCUT2D eigenvalue weighted by atomic mass is 19.1. The molecule has 3 rings (SSSR count). The number of carbonyl (C=O) groups is 3. The minimum absolute atomic E-state index is 0.0134. The maximum Gasteiger partial charge on any atom is 0.306 e. The molecule has 1 N–H and O–H groups in total. The third kappa shape index (κ3) is 4.36. The zero-order valence-corrected chi connectivity index (χ0v) is 19.6. The second-order valence-corrected chi connectivity index (χ2v) is 10.0. The van der Waals surface area contributed by atoms with Gasteiger partial charge < -0.3 is 10.1 Å². The standard InChI is InChI=1S/C24H32F2N2O4/c1-7-32-18(30)11-23(3,4)13(2)27-17(29)12-28-21-16(25)10-15(14-8-9-14)20(26)19(21)24(5,6)22(28)31/h10,13-14H,7-9,11-12H2,1-6H3,(H,27,29)/t13-/m1/s1. The number of hydrogen-bond donors (Lipinski definition) is 1. The lowest BCUT2D eigenvalue weighted by Crippen LogP contribution is -2.49. The number of amides is 2. The molecule has 1 aliphatic heterocycles. The number of nitrogens with one attached hydrogen (secondary N) is 1. The summed E-state index contributed by atoms with van der Waals surface area (Å²) in [6.45, 7) is 10.1. The van der Waals surface area contributed by atoms with Gasteiger partial charge in [-0.05, 0) is 63.5 Å². The minimum Gasteiger partial charge on any atom is -0.466 e. The maximum atomic E-state index is 15.3. The van der Waals surface area contributed by atoms with Crippen LogP contribution in [0.3, 0.4) is 0 Å². The van der Waals surface area contributed by atoms with Gasteiger partial charge in [0.15, 0.2) is 0 Å². The van der Waals surface area contributed by atoms with Crippen LogP contribution >= 0.6 is 0 Å². The minimum atomic E-state index is -1.28. The van der Waals surface area contributed by atoms with Gasteiger partial charge in [0.1, 0.15) is 18.2 Å². The molecule has 1 fully saturated rings. The summed E-state index contributed by atoms with van der Waals surface area (Å²) in [4.78, 5) is 38.7. The number of carbonyl (C=O) groups excluding carboxylic acids is 3. The number of fused-ring (bicyclic) bond motifs is 1. The average molecular weight is 451 g/mol. The Morgan fingerprint density at radius 3 is 2.50 bits per heavy atom. The smallest absolute Gasteiger partial charge is 0.306 e. The molecule has 32 heavy (non-hydrogen) atoms. The van der Waals surface area contributed by atoms with Gasteiger partial charge >= 0.3 is 5.97 Å². The average Bonchev–Trinajstić information content (AvgIpc) is 3.48. The summed E-state index contributed by atoms with van der Waals surface area (Å²) < 4.78 is 35.3. The Labute approximate surface area is 187 Å². The van der Waals surface area contributed by atoms with Crippen molar-refractivity contribution < 1.29 is 27.9 Å². The number of ether oxygens (including phenoxy) is 1. The van der Waals surface area contributed by atoms with Gasteiger partial charge in [0.25, 0.3) is 0 Å². The maximum absolute atomic E-state index is 15.3. The van der Waals surface area contributed by atoms with E-state index in [4.69, 9.17) is 4.74 Å². The first-order chi connectivity index (χ1) is 14.8. The molecule has 1 atom stereocenters. The Morgan fingerprint density at radius 1 is 1.31 bits per heavy atom. The number of nitrogens with zero attached hydrogens (tertiary/aromatic N) is 1. The summed E-state index contributed by atoms with van der Waals surface area (Å²) in [6.07, 6.45) is 1.70. The Hall–Kier alpha value is -2.51. The SMILES string of the molecule is CCOC(=O)CC(C)(C)[C@@H](C)NC(=O)CN1C(=O)C(C)(C)c2c(F)c(C3CC3)cc(F)c21. The molecule has 6 nitrogen and oxygen atoms in total. The fourth-order valence-electron chi connectivity index (χ4n) is 4.22. The van der Waals surface area contributed by atoms with Crippen molar-refractivity contribution in [2.75, 3.05) is 18.1 Å². The summed E-state index contributed by atoms with van der Waals surface area (Å²) >= 11 is 0. The van der Waals surface area contributed by atoms with Crippen LogP contribution in [0.2, 0.25) is 0 Å². The van der Waals surface area contributed by atoms with E-state index < -0.39 is 46.9 Å². The van der Waals surface area contributed by atoms with Crippen molar-refractivity contribution in [3.05, 3.63) is 28.8 Å². The van der Waals surface area contributed by atoms with Crippen LogP contribution in [0.25, 0.3) is 0 Å². The predicted molar refractivity (Wildman–Crippen MR) is 116 cm³/mol. The highest BCUT2D eigenvalue weighted by molar-refractivity contribution is 6.10. The van der Waals surface area contributed by atoms with Gasteiger partial charge in [-0.2, -0.15) is 0 Å². The number of hydrogen-bond acceptors (Lipinski definition) is 4. The van der Waals surface area contributed by atoms with E-state index in [1.54, 1.807) is 27.7 Å². The van der Waals surface area contributed by atoms with Gasteiger partial charge in [0, 0.05) is 11.6 Å². The lowest BCUT2D eigenvalue weighted by Gasteiger charge is -2.32. The first-order valence-electron chi connectivity index (χ1n) is 11.1. The van der Waals surface area contributed by atoms with Crippen LogP contribution in [0.5, 0.6) is 0 Å². The van der Waals surface area contributed by atoms with Crippen molar-refractivity contribution >= 4 is 23.5 Å². The monoisotopic (exact) mass is 450 g/mol. The molecular formula is C24H32F2N2O4. The molecule has 0 aromatic heterocycles. The Balaban J connectivity index is 1.80. The van der Waals surface area contributed by atoms with Crippen LogP contribution in [0.4, 0.5) is 14.5 Å². The van der Waals surface area contributed by atoms with E-state index in [0.717, 1.165) is 23.8 Å². The van der Waals surface area contributed by atoms with Gasteiger partial charge in [-0.15, -0.1) is 0 Å². The molecule has 0 saturated heterocycles. The van der Waals surface area contributed by atoms with E-state index in [1.165, 1.54) is 0 Å². The fourth-order valence-corrected chi connectivity index (χ4v) is 4.22. The second-order valence-electron chi connectivity index (χ2n) is 10.0. The normalized spacial score (nSPS) is 18.4. The van der Waals surface area contributed by atoms with Crippen molar-refractivity contribution in [2.45, 2.75) is 78.2 Å². The van der Waals surface area contributed by atoms with Crippen LogP contribution in [0, 0.1) is 17.0 Å². The number of anilines is 1. The van der Waals surface area contributed by atoms with Gasteiger partial charge in [-0.1, -0.05) is 13.8 Å². The molecule has 2 amide bonds. The van der Waals surface area contributed by atoms with E-state index in [1.807, 2.05) is 13.8 Å². The summed E-state index contributed by atoms with van der Waals surface area (Å²) in [5.74, 6) is -2.65. The Morgan fingerprint density at radius 2 is 1.94 bits per heavy atom. The van der Waals surface area contributed by atoms with Crippen molar-refractivity contribution in [2.24, 2.45) is 5.41 Å². The molecule has 2 aliphatic rings. The first kappa shape index (κ1) is 24.1. The number of halogens is 2. The molecule has 0 unspecified atom stereocenters. The van der Waals surface area contributed by atoms with Gasteiger partial charge in [0.05, 0.1) is 24.1 Å². The van der Waals surface area contributed by atoms with E-state index in [0.29, 0.717) is 5.56 Å². The van der Waals surface area contributed by atoms with Gasteiger partial charge in [0.2, 0.25) is 11.8 Å². The van der Waals surface area contributed by atoms with Crippen LogP contribution in [0.1, 0.15) is 77.8 Å². The van der Waals surface area contributed by atoms with Crippen molar-refractivity contribution in [3.63, 3.8) is 0 Å². The quantitative estimate of drug-likeness (QED) is 0.609. The highest BCUT2D eigenvalue weighted by Crippen LogP contribution is 2.50. The van der Waals surface area contributed by atoms with Gasteiger partial charge in [-0.25, -0.2) is 8.78 Å².